The molecule has 120 valence electrons. The maximum atomic E-state index is 12.6. The van der Waals surface area contributed by atoms with E-state index in [2.05, 4.69) is 6.58 Å². The highest BCUT2D eigenvalue weighted by atomic mass is 16.7. The number of allylic oxidation sites excluding steroid dienone is 1. The Morgan fingerprint density at radius 2 is 1.91 bits per heavy atom. The standard InChI is InChI=1S/C19H26O3/c1-6-10-15(14-11-8-7-9-12-14)16-13(2)21-18(19(3,4)5)22-17(16)20/h6-9,11-13,15-16,18H,1,10H2,2-5H3. The first kappa shape index (κ1) is 16.8. The summed E-state index contributed by atoms with van der Waals surface area (Å²) in [5, 5.41) is 0. The van der Waals surface area contributed by atoms with Gasteiger partial charge in [-0.25, -0.2) is 0 Å². The summed E-state index contributed by atoms with van der Waals surface area (Å²) in [6.45, 7) is 11.8. The van der Waals surface area contributed by atoms with Crippen molar-refractivity contribution in [3.63, 3.8) is 0 Å². The smallest absolute Gasteiger partial charge is 0.314 e. The predicted molar refractivity (Wildman–Crippen MR) is 87.4 cm³/mol. The number of ether oxygens (including phenoxy) is 2. The molecule has 22 heavy (non-hydrogen) atoms. The first-order chi connectivity index (χ1) is 10.3. The Balaban J connectivity index is 2.26. The van der Waals surface area contributed by atoms with Crippen LogP contribution in [0.3, 0.4) is 0 Å². The van der Waals surface area contributed by atoms with Gasteiger partial charge in [0, 0.05) is 11.3 Å². The molecular weight excluding hydrogens is 276 g/mol. The van der Waals surface area contributed by atoms with Crippen LogP contribution in [0.15, 0.2) is 43.0 Å². The van der Waals surface area contributed by atoms with E-state index in [1.165, 1.54) is 0 Å². The Hall–Kier alpha value is -1.61. The average molecular weight is 302 g/mol. The number of carbonyl (C=O) groups excluding carboxylic acids is 1. The fraction of sp³-hybridized carbons (Fsp3) is 0.526. The number of cyclic esters (lactones) is 1. The van der Waals surface area contributed by atoms with Crippen molar-refractivity contribution in [1.29, 1.82) is 0 Å². The van der Waals surface area contributed by atoms with E-state index in [0.717, 1.165) is 12.0 Å². The quantitative estimate of drug-likeness (QED) is 0.614. The van der Waals surface area contributed by atoms with Crippen molar-refractivity contribution in [2.45, 2.75) is 52.4 Å². The first-order valence-corrected chi connectivity index (χ1v) is 7.86. The van der Waals surface area contributed by atoms with E-state index in [4.69, 9.17) is 9.47 Å². The third-order valence-corrected chi connectivity index (χ3v) is 4.13. The number of hydrogen-bond donors (Lipinski definition) is 0. The maximum absolute atomic E-state index is 12.6. The van der Waals surface area contributed by atoms with Gasteiger partial charge in [-0.3, -0.25) is 4.79 Å². The van der Waals surface area contributed by atoms with Gasteiger partial charge in [0.1, 0.15) is 0 Å². The van der Waals surface area contributed by atoms with Crippen molar-refractivity contribution in [2.24, 2.45) is 11.3 Å². The van der Waals surface area contributed by atoms with Crippen molar-refractivity contribution in [3.8, 4) is 0 Å². The Morgan fingerprint density at radius 1 is 1.27 bits per heavy atom. The Labute approximate surface area is 133 Å². The molecule has 0 spiro atoms. The minimum absolute atomic E-state index is 0.0297. The molecule has 1 heterocycles. The van der Waals surface area contributed by atoms with Crippen molar-refractivity contribution in [3.05, 3.63) is 48.6 Å². The minimum Gasteiger partial charge on any atom is -0.435 e. The molecule has 0 radical (unpaired) electrons. The van der Waals surface area contributed by atoms with Crippen molar-refractivity contribution in [2.75, 3.05) is 0 Å². The summed E-state index contributed by atoms with van der Waals surface area (Å²) >= 11 is 0. The molecule has 4 unspecified atom stereocenters. The van der Waals surface area contributed by atoms with Crippen LogP contribution in [-0.4, -0.2) is 18.4 Å². The van der Waals surface area contributed by atoms with Crippen molar-refractivity contribution in [1.82, 2.24) is 0 Å². The molecule has 0 saturated carbocycles. The molecule has 1 aromatic carbocycles. The highest BCUT2D eigenvalue weighted by molar-refractivity contribution is 5.75. The molecular formula is C19H26O3. The molecule has 0 bridgehead atoms. The normalized spacial score (nSPS) is 27.1. The predicted octanol–water partition coefficient (Wildman–Crippen LogP) is 4.30. The summed E-state index contributed by atoms with van der Waals surface area (Å²) in [5.74, 6) is -0.449. The summed E-state index contributed by atoms with van der Waals surface area (Å²) < 4.78 is 11.6. The fourth-order valence-corrected chi connectivity index (χ4v) is 2.93. The number of benzene rings is 1. The molecule has 3 heteroatoms. The zero-order valence-electron chi connectivity index (χ0n) is 13.9. The monoisotopic (exact) mass is 302 g/mol. The molecule has 0 amide bonds. The van der Waals surface area contributed by atoms with E-state index >= 15 is 0 Å². The summed E-state index contributed by atoms with van der Waals surface area (Å²) in [6, 6.07) is 10.0. The third-order valence-electron chi connectivity index (χ3n) is 4.13. The van der Waals surface area contributed by atoms with Gasteiger partial charge < -0.3 is 9.47 Å². The number of esters is 1. The van der Waals surface area contributed by atoms with Crippen LogP contribution in [0, 0.1) is 11.3 Å². The van der Waals surface area contributed by atoms with Crippen molar-refractivity contribution < 1.29 is 14.3 Å². The molecule has 1 aromatic rings. The Kier molecular flexibility index (Phi) is 5.07. The van der Waals surface area contributed by atoms with E-state index < -0.39 is 6.29 Å². The summed E-state index contributed by atoms with van der Waals surface area (Å²) in [4.78, 5) is 12.6. The number of hydrogen-bond acceptors (Lipinski definition) is 3. The van der Waals surface area contributed by atoms with Gasteiger partial charge >= 0.3 is 5.97 Å². The van der Waals surface area contributed by atoms with Crippen molar-refractivity contribution >= 4 is 5.97 Å². The van der Waals surface area contributed by atoms with Crippen LogP contribution in [0.25, 0.3) is 0 Å². The lowest BCUT2D eigenvalue weighted by Crippen LogP contribution is -2.49. The molecule has 0 aromatic heterocycles. The van der Waals surface area contributed by atoms with E-state index in [9.17, 15) is 4.79 Å². The van der Waals surface area contributed by atoms with Crippen LogP contribution < -0.4 is 0 Å². The zero-order chi connectivity index (χ0) is 16.3. The number of rotatable bonds is 4. The minimum atomic E-state index is -0.494. The summed E-state index contributed by atoms with van der Waals surface area (Å²) in [7, 11) is 0. The lowest BCUT2D eigenvalue weighted by Gasteiger charge is -2.41. The van der Waals surface area contributed by atoms with Gasteiger partial charge in [0.15, 0.2) is 0 Å². The molecule has 4 atom stereocenters. The van der Waals surface area contributed by atoms with Gasteiger partial charge in [0.2, 0.25) is 6.29 Å². The Morgan fingerprint density at radius 3 is 2.41 bits per heavy atom. The molecule has 3 nitrogen and oxygen atoms in total. The molecule has 2 rings (SSSR count). The molecule has 0 aliphatic carbocycles. The SMILES string of the molecule is C=CCC(c1ccccc1)C1C(=O)OC(C(C)(C)C)OC1C. The lowest BCUT2D eigenvalue weighted by atomic mass is 9.79. The van der Waals surface area contributed by atoms with E-state index in [0.29, 0.717) is 0 Å². The van der Waals surface area contributed by atoms with Gasteiger partial charge in [-0.2, -0.15) is 0 Å². The fourth-order valence-electron chi connectivity index (χ4n) is 2.93. The molecule has 1 saturated heterocycles. The van der Waals surface area contributed by atoms with Crippen LogP contribution in [0.2, 0.25) is 0 Å². The van der Waals surface area contributed by atoms with Crippen LogP contribution in [0.4, 0.5) is 0 Å². The van der Waals surface area contributed by atoms with Crippen LogP contribution in [-0.2, 0) is 14.3 Å². The molecule has 1 aliphatic rings. The first-order valence-electron chi connectivity index (χ1n) is 7.86. The zero-order valence-corrected chi connectivity index (χ0v) is 13.9. The van der Waals surface area contributed by atoms with Gasteiger partial charge in [-0.1, -0.05) is 57.2 Å². The van der Waals surface area contributed by atoms with Crippen LogP contribution >= 0.6 is 0 Å². The molecule has 1 fully saturated rings. The second kappa shape index (κ2) is 6.66. The van der Waals surface area contributed by atoms with E-state index in [1.807, 2.05) is 64.1 Å². The average Bonchev–Trinajstić information content (AvgIpc) is 2.45. The van der Waals surface area contributed by atoms with E-state index in [1.54, 1.807) is 0 Å². The lowest BCUT2D eigenvalue weighted by molar-refractivity contribution is -0.255. The molecule has 0 N–H and O–H groups in total. The summed E-state index contributed by atoms with van der Waals surface area (Å²) in [6.07, 6.45) is 1.90. The largest absolute Gasteiger partial charge is 0.435 e. The van der Waals surface area contributed by atoms with Gasteiger partial charge in [0.25, 0.3) is 0 Å². The number of carbonyl (C=O) groups is 1. The van der Waals surface area contributed by atoms with E-state index in [-0.39, 0.29) is 29.3 Å². The van der Waals surface area contributed by atoms with Gasteiger partial charge in [-0.05, 0) is 18.9 Å². The summed E-state index contributed by atoms with van der Waals surface area (Å²) in [5.41, 5.74) is 0.893. The van der Waals surface area contributed by atoms with Crippen LogP contribution in [0.1, 0.15) is 45.6 Å². The van der Waals surface area contributed by atoms with Gasteiger partial charge in [0.05, 0.1) is 12.0 Å². The van der Waals surface area contributed by atoms with Crippen LogP contribution in [0.5, 0.6) is 0 Å². The second-order valence-corrected chi connectivity index (χ2v) is 7.04. The maximum Gasteiger partial charge on any atom is 0.314 e. The second-order valence-electron chi connectivity index (χ2n) is 7.04. The Bertz CT molecular complexity index is 515. The molecule has 1 aliphatic heterocycles. The third kappa shape index (κ3) is 3.58. The van der Waals surface area contributed by atoms with Gasteiger partial charge in [-0.15, -0.1) is 6.58 Å². The highest BCUT2D eigenvalue weighted by Gasteiger charge is 2.45. The highest BCUT2D eigenvalue weighted by Crippen LogP contribution is 2.39. The topological polar surface area (TPSA) is 35.5 Å².